The third kappa shape index (κ3) is 3.06. The first-order valence-electron chi connectivity index (χ1n) is 8.14. The van der Waals surface area contributed by atoms with Crippen LogP contribution in [0.1, 0.15) is 22.8 Å². The Morgan fingerprint density at radius 1 is 1.12 bits per heavy atom. The molecular formula is C19H17N5O. The van der Waals surface area contributed by atoms with Crippen LogP contribution >= 0.6 is 0 Å². The van der Waals surface area contributed by atoms with Crippen LogP contribution in [0.25, 0.3) is 0 Å². The van der Waals surface area contributed by atoms with E-state index >= 15 is 0 Å². The van der Waals surface area contributed by atoms with Gasteiger partial charge >= 0.3 is 0 Å². The van der Waals surface area contributed by atoms with Gasteiger partial charge in [0.15, 0.2) is 11.6 Å². The number of carbonyl (C=O) groups excluding carboxylic acids is 1. The quantitative estimate of drug-likeness (QED) is 0.738. The summed E-state index contributed by atoms with van der Waals surface area (Å²) in [7, 11) is 0. The number of fused-ring (bicyclic) bond motifs is 1. The summed E-state index contributed by atoms with van der Waals surface area (Å²) in [6.45, 7) is 2.40. The minimum absolute atomic E-state index is 0.0465. The molecule has 4 rings (SSSR count). The van der Waals surface area contributed by atoms with E-state index in [0.717, 1.165) is 24.3 Å². The first-order chi connectivity index (χ1) is 12.2. The van der Waals surface area contributed by atoms with Gasteiger partial charge in [0, 0.05) is 23.5 Å². The molecule has 2 heterocycles. The van der Waals surface area contributed by atoms with E-state index in [4.69, 9.17) is 0 Å². The number of aromatic nitrogens is 3. The number of Topliss-reactive ketones (excluding diaryl/α,β-unsaturated/α-hetero) is 1. The fourth-order valence-corrected chi connectivity index (χ4v) is 2.95. The average molecular weight is 331 g/mol. The van der Waals surface area contributed by atoms with Gasteiger partial charge < -0.3 is 10.2 Å². The Morgan fingerprint density at radius 3 is 2.72 bits per heavy atom. The summed E-state index contributed by atoms with van der Waals surface area (Å²) in [5.41, 5.74) is 3.95. The van der Waals surface area contributed by atoms with Gasteiger partial charge in [0.1, 0.15) is 0 Å². The van der Waals surface area contributed by atoms with Crippen LogP contribution in [0, 0.1) is 0 Å². The summed E-state index contributed by atoms with van der Waals surface area (Å²) >= 11 is 0. The predicted octanol–water partition coefficient (Wildman–Crippen LogP) is 3.51. The van der Waals surface area contributed by atoms with Gasteiger partial charge in [0.05, 0.1) is 6.20 Å². The lowest BCUT2D eigenvalue weighted by molar-refractivity contribution is 0.101. The number of ketones is 1. The highest BCUT2D eigenvalue weighted by molar-refractivity contribution is 5.94. The van der Waals surface area contributed by atoms with Crippen LogP contribution in [-0.4, -0.2) is 27.5 Å². The van der Waals surface area contributed by atoms with Crippen molar-refractivity contribution in [2.75, 3.05) is 16.8 Å². The molecule has 0 radical (unpaired) electrons. The second kappa shape index (κ2) is 6.32. The van der Waals surface area contributed by atoms with Gasteiger partial charge in [0.25, 0.3) is 5.95 Å². The van der Waals surface area contributed by atoms with Gasteiger partial charge in [-0.2, -0.15) is 10.1 Å². The molecule has 1 aliphatic rings. The van der Waals surface area contributed by atoms with Crippen molar-refractivity contribution < 1.29 is 4.79 Å². The Kier molecular flexibility index (Phi) is 3.85. The molecule has 0 fully saturated rings. The Morgan fingerprint density at radius 2 is 1.92 bits per heavy atom. The Hall–Kier alpha value is -3.28. The van der Waals surface area contributed by atoms with Gasteiger partial charge in [-0.1, -0.05) is 18.2 Å². The Labute approximate surface area is 145 Å². The van der Waals surface area contributed by atoms with Gasteiger partial charge in [-0.05, 0) is 49.2 Å². The molecule has 0 aliphatic carbocycles. The van der Waals surface area contributed by atoms with Crippen molar-refractivity contribution in [1.29, 1.82) is 0 Å². The van der Waals surface area contributed by atoms with Crippen LogP contribution in [0.15, 0.2) is 54.7 Å². The molecule has 0 saturated heterocycles. The number of nitrogens with one attached hydrogen (secondary N) is 1. The number of rotatable bonds is 4. The first-order valence-corrected chi connectivity index (χ1v) is 8.14. The summed E-state index contributed by atoms with van der Waals surface area (Å²) in [5.74, 6) is 1.24. The maximum absolute atomic E-state index is 11.4. The molecule has 6 heteroatoms. The standard InChI is InChI=1S/C19H17N5O/c1-13(25)14-6-8-16(9-7-14)21-18-12-20-23-19(22-18)24-11-10-15-4-2-3-5-17(15)24/h2-9,12H,10-11H2,1H3,(H,21,22,23). The van der Waals surface area contributed by atoms with E-state index in [2.05, 4.69) is 37.5 Å². The molecule has 0 atom stereocenters. The average Bonchev–Trinajstić information content (AvgIpc) is 3.06. The molecule has 2 aromatic carbocycles. The van der Waals surface area contributed by atoms with Crippen molar-refractivity contribution >= 4 is 28.9 Å². The van der Waals surface area contributed by atoms with Crippen LogP contribution in [-0.2, 0) is 6.42 Å². The summed E-state index contributed by atoms with van der Waals surface area (Å²) in [6, 6.07) is 15.5. The number of benzene rings is 2. The molecule has 124 valence electrons. The van der Waals surface area contributed by atoms with E-state index in [-0.39, 0.29) is 5.78 Å². The van der Waals surface area contributed by atoms with Crippen LogP contribution in [0.2, 0.25) is 0 Å². The van der Waals surface area contributed by atoms with E-state index in [1.807, 2.05) is 24.3 Å². The number of nitrogens with zero attached hydrogens (tertiary/aromatic N) is 4. The van der Waals surface area contributed by atoms with Crippen molar-refractivity contribution in [3.05, 3.63) is 65.9 Å². The third-order valence-corrected chi connectivity index (χ3v) is 4.24. The van der Waals surface area contributed by atoms with Gasteiger partial charge in [-0.25, -0.2) is 0 Å². The van der Waals surface area contributed by atoms with E-state index < -0.39 is 0 Å². The Bertz CT molecular complexity index is 923. The zero-order valence-corrected chi connectivity index (χ0v) is 13.8. The van der Waals surface area contributed by atoms with Gasteiger partial charge in [-0.15, -0.1) is 5.10 Å². The van der Waals surface area contributed by atoms with Gasteiger partial charge in [0.2, 0.25) is 0 Å². The fraction of sp³-hybridized carbons (Fsp3) is 0.158. The zero-order chi connectivity index (χ0) is 17.2. The minimum atomic E-state index is 0.0465. The molecule has 0 unspecified atom stereocenters. The van der Waals surface area contributed by atoms with Crippen molar-refractivity contribution in [3.8, 4) is 0 Å². The normalized spacial score (nSPS) is 12.8. The fourth-order valence-electron chi connectivity index (χ4n) is 2.95. The lowest BCUT2D eigenvalue weighted by Crippen LogP contribution is -2.17. The molecule has 3 aromatic rings. The van der Waals surface area contributed by atoms with E-state index in [9.17, 15) is 4.79 Å². The van der Waals surface area contributed by atoms with Crippen LogP contribution in [0.4, 0.5) is 23.1 Å². The van der Waals surface area contributed by atoms with Crippen LogP contribution in [0.3, 0.4) is 0 Å². The Balaban J connectivity index is 1.57. The lowest BCUT2D eigenvalue weighted by atomic mass is 10.1. The number of hydrogen-bond donors (Lipinski definition) is 1. The SMILES string of the molecule is CC(=O)c1ccc(Nc2cnnc(N3CCc4ccccc43)n2)cc1. The number of carbonyl (C=O) groups is 1. The van der Waals surface area contributed by atoms with Crippen LogP contribution < -0.4 is 10.2 Å². The number of para-hydroxylation sites is 1. The maximum atomic E-state index is 11.4. The summed E-state index contributed by atoms with van der Waals surface area (Å²) < 4.78 is 0. The molecule has 0 amide bonds. The highest BCUT2D eigenvalue weighted by Crippen LogP contribution is 2.32. The summed E-state index contributed by atoms with van der Waals surface area (Å²) in [5, 5.41) is 11.5. The second-order valence-electron chi connectivity index (χ2n) is 5.93. The molecule has 0 bridgehead atoms. The van der Waals surface area contributed by atoms with Crippen molar-refractivity contribution in [1.82, 2.24) is 15.2 Å². The minimum Gasteiger partial charge on any atom is -0.339 e. The smallest absolute Gasteiger partial charge is 0.251 e. The highest BCUT2D eigenvalue weighted by Gasteiger charge is 2.22. The predicted molar refractivity (Wildman–Crippen MR) is 96.7 cm³/mol. The number of hydrogen-bond acceptors (Lipinski definition) is 6. The van der Waals surface area contributed by atoms with Crippen LogP contribution in [0.5, 0.6) is 0 Å². The monoisotopic (exact) mass is 331 g/mol. The van der Waals surface area contributed by atoms with Gasteiger partial charge in [-0.3, -0.25) is 4.79 Å². The first kappa shape index (κ1) is 15.3. The molecule has 0 saturated carbocycles. The summed E-state index contributed by atoms with van der Waals surface area (Å²) in [4.78, 5) is 18.0. The van der Waals surface area contributed by atoms with E-state index in [1.165, 1.54) is 5.56 Å². The summed E-state index contributed by atoms with van der Waals surface area (Å²) in [6.07, 6.45) is 2.56. The molecule has 25 heavy (non-hydrogen) atoms. The highest BCUT2D eigenvalue weighted by atomic mass is 16.1. The third-order valence-electron chi connectivity index (χ3n) is 4.24. The van der Waals surface area contributed by atoms with E-state index in [0.29, 0.717) is 17.3 Å². The number of anilines is 4. The van der Waals surface area contributed by atoms with Crippen molar-refractivity contribution in [2.45, 2.75) is 13.3 Å². The second-order valence-corrected chi connectivity index (χ2v) is 5.93. The molecule has 0 spiro atoms. The molecular weight excluding hydrogens is 314 g/mol. The molecule has 6 nitrogen and oxygen atoms in total. The van der Waals surface area contributed by atoms with Crippen molar-refractivity contribution in [2.24, 2.45) is 0 Å². The lowest BCUT2D eigenvalue weighted by Gasteiger charge is -2.17. The topological polar surface area (TPSA) is 71.0 Å². The maximum Gasteiger partial charge on any atom is 0.251 e. The molecule has 1 aromatic heterocycles. The molecule has 1 N–H and O–H groups in total. The zero-order valence-electron chi connectivity index (χ0n) is 13.8. The van der Waals surface area contributed by atoms with E-state index in [1.54, 1.807) is 25.3 Å². The van der Waals surface area contributed by atoms with Crippen molar-refractivity contribution in [3.63, 3.8) is 0 Å². The molecule has 1 aliphatic heterocycles. The largest absolute Gasteiger partial charge is 0.339 e.